The molecule has 3 heterocycles. The first kappa shape index (κ1) is 20.2. The molecule has 4 rings (SSSR count). The van der Waals surface area contributed by atoms with Crippen LogP contribution in [0.4, 0.5) is 11.6 Å². The van der Waals surface area contributed by atoms with Crippen LogP contribution in [0.15, 0.2) is 65.5 Å². The van der Waals surface area contributed by atoms with Gasteiger partial charge in [0, 0.05) is 29.4 Å². The molecule has 0 aliphatic carbocycles. The molecule has 154 valence electrons. The van der Waals surface area contributed by atoms with E-state index in [0.717, 1.165) is 10.0 Å². The van der Waals surface area contributed by atoms with Crippen molar-refractivity contribution in [2.45, 2.75) is 18.9 Å². The molecule has 0 saturated heterocycles. The topological polar surface area (TPSA) is 105 Å². The number of nitrogens with one attached hydrogen (secondary N) is 2. The maximum atomic E-state index is 13.3. The predicted octanol–water partition coefficient (Wildman–Crippen LogP) is 3.14. The monoisotopic (exact) mass is 468 g/mol. The van der Waals surface area contributed by atoms with E-state index in [9.17, 15) is 4.79 Å². The Labute approximate surface area is 182 Å². The Morgan fingerprint density at radius 3 is 2.80 bits per heavy atom. The third-order valence-electron chi connectivity index (χ3n) is 4.88. The molecule has 3 N–H and O–H groups in total. The summed E-state index contributed by atoms with van der Waals surface area (Å²) in [7, 11) is 0. The largest absolute Gasteiger partial charge is 0.396 e. The second-order valence-corrected chi connectivity index (χ2v) is 7.89. The molecule has 0 spiro atoms. The zero-order chi connectivity index (χ0) is 21.1. The number of aliphatic hydroxyl groups is 1. The van der Waals surface area contributed by atoms with Gasteiger partial charge in [0.05, 0.1) is 17.9 Å². The molecule has 0 bridgehead atoms. The Bertz CT molecular complexity index is 1050. The number of rotatable bonds is 6. The number of carbonyl (C=O) groups is 1. The van der Waals surface area contributed by atoms with Crippen LogP contribution in [0.5, 0.6) is 0 Å². The van der Waals surface area contributed by atoms with Crippen molar-refractivity contribution < 1.29 is 9.90 Å². The first-order valence-electron chi connectivity index (χ1n) is 9.55. The molecule has 3 aromatic rings. The molecule has 30 heavy (non-hydrogen) atoms. The van der Waals surface area contributed by atoms with E-state index < -0.39 is 12.0 Å². The number of benzene rings is 1. The van der Waals surface area contributed by atoms with Gasteiger partial charge in [-0.3, -0.25) is 9.78 Å². The second-order valence-electron chi connectivity index (χ2n) is 6.98. The summed E-state index contributed by atoms with van der Waals surface area (Å²) in [5.74, 6) is 0.304. The van der Waals surface area contributed by atoms with E-state index in [2.05, 4.69) is 48.2 Å². The van der Waals surface area contributed by atoms with Crippen LogP contribution in [0.1, 0.15) is 23.9 Å². The summed E-state index contributed by atoms with van der Waals surface area (Å²) in [6, 6.07) is 10.9. The van der Waals surface area contributed by atoms with Crippen molar-refractivity contribution in [2.75, 3.05) is 17.2 Å². The molecule has 0 saturated carbocycles. The summed E-state index contributed by atoms with van der Waals surface area (Å²) in [6.07, 6.45) is 4.36. The fraction of sp³-hybridized carbons (Fsp3) is 0.238. The fourth-order valence-electron chi connectivity index (χ4n) is 3.49. The van der Waals surface area contributed by atoms with Crippen LogP contribution < -0.4 is 10.6 Å². The molecule has 9 heteroatoms. The molecule has 1 aliphatic heterocycles. The van der Waals surface area contributed by atoms with Crippen LogP contribution in [-0.4, -0.2) is 37.4 Å². The Kier molecular flexibility index (Phi) is 5.91. The highest BCUT2D eigenvalue weighted by molar-refractivity contribution is 9.10. The molecule has 1 amide bonds. The Balaban J connectivity index is 1.73. The van der Waals surface area contributed by atoms with Gasteiger partial charge in [-0.1, -0.05) is 34.6 Å². The summed E-state index contributed by atoms with van der Waals surface area (Å²) >= 11 is 3.46. The van der Waals surface area contributed by atoms with Crippen molar-refractivity contribution in [1.29, 1.82) is 0 Å². The predicted molar refractivity (Wildman–Crippen MR) is 117 cm³/mol. The smallest absolute Gasteiger partial charge is 0.236 e. The lowest BCUT2D eigenvalue weighted by atomic mass is 9.88. The number of aliphatic hydroxyl groups excluding tert-OH is 1. The van der Waals surface area contributed by atoms with Gasteiger partial charge >= 0.3 is 0 Å². The van der Waals surface area contributed by atoms with Gasteiger partial charge in [-0.2, -0.15) is 10.1 Å². The van der Waals surface area contributed by atoms with E-state index in [-0.39, 0.29) is 12.5 Å². The van der Waals surface area contributed by atoms with Crippen LogP contribution in [0.3, 0.4) is 0 Å². The lowest BCUT2D eigenvalue weighted by Gasteiger charge is -2.33. The van der Waals surface area contributed by atoms with Gasteiger partial charge in [-0.15, -0.1) is 0 Å². The van der Waals surface area contributed by atoms with Crippen LogP contribution in [-0.2, 0) is 11.2 Å². The second kappa shape index (κ2) is 8.76. The van der Waals surface area contributed by atoms with E-state index in [4.69, 9.17) is 5.11 Å². The number of hydrogen-bond acceptors (Lipinski definition) is 6. The number of pyridine rings is 1. The van der Waals surface area contributed by atoms with Crippen molar-refractivity contribution in [1.82, 2.24) is 19.7 Å². The van der Waals surface area contributed by atoms with E-state index in [1.807, 2.05) is 24.3 Å². The highest BCUT2D eigenvalue weighted by Gasteiger charge is 2.40. The Morgan fingerprint density at radius 2 is 2.10 bits per heavy atom. The summed E-state index contributed by atoms with van der Waals surface area (Å²) in [5, 5.41) is 19.8. The number of anilines is 2. The highest BCUT2D eigenvalue weighted by Crippen LogP contribution is 2.38. The number of nitrogens with zero attached hydrogens (tertiary/aromatic N) is 4. The standard InChI is InChI=1S/C21H21BrN6O2/c1-13-18(20(30)25-16-4-2-10-23-12-16)19(14-6-8-15(22)9-7-14)28-21(24-13)26-17(27-28)5-3-11-29/h2,4,6-10,12,18-19,29H,1,3,5,11H2,(H,25,30)(H,24,26,27)/t18-,19-/m1/s1. The summed E-state index contributed by atoms with van der Waals surface area (Å²) in [4.78, 5) is 21.9. The molecule has 2 aromatic heterocycles. The van der Waals surface area contributed by atoms with Crippen LogP contribution >= 0.6 is 15.9 Å². The summed E-state index contributed by atoms with van der Waals surface area (Å²) < 4.78 is 2.68. The van der Waals surface area contributed by atoms with Crippen molar-refractivity contribution in [3.63, 3.8) is 0 Å². The van der Waals surface area contributed by atoms with Crippen molar-refractivity contribution in [3.05, 3.63) is 76.9 Å². The fourth-order valence-corrected chi connectivity index (χ4v) is 3.76. The number of aromatic nitrogens is 4. The molecule has 0 fully saturated rings. The minimum absolute atomic E-state index is 0.0658. The van der Waals surface area contributed by atoms with Gasteiger partial charge in [0.1, 0.15) is 5.92 Å². The molecule has 1 aliphatic rings. The number of halogens is 1. The molecule has 1 aromatic carbocycles. The molecule has 0 unspecified atom stereocenters. The molecule has 8 nitrogen and oxygen atoms in total. The summed E-state index contributed by atoms with van der Waals surface area (Å²) in [6.45, 7) is 4.17. The van der Waals surface area contributed by atoms with Crippen LogP contribution in [0.25, 0.3) is 0 Å². The molecular formula is C21H21BrN6O2. The van der Waals surface area contributed by atoms with Gasteiger partial charge in [-0.25, -0.2) is 4.68 Å². The maximum absolute atomic E-state index is 13.3. The number of carbonyl (C=O) groups excluding carboxylic acids is 1. The van der Waals surface area contributed by atoms with E-state index in [1.54, 1.807) is 29.2 Å². The lowest BCUT2D eigenvalue weighted by Crippen LogP contribution is -2.39. The number of amides is 1. The van der Waals surface area contributed by atoms with Crippen molar-refractivity contribution in [2.24, 2.45) is 5.92 Å². The zero-order valence-electron chi connectivity index (χ0n) is 16.1. The van der Waals surface area contributed by atoms with E-state index in [0.29, 0.717) is 36.0 Å². The van der Waals surface area contributed by atoms with E-state index >= 15 is 0 Å². The van der Waals surface area contributed by atoms with E-state index in [1.165, 1.54) is 0 Å². The van der Waals surface area contributed by atoms with Gasteiger partial charge in [0.25, 0.3) is 0 Å². The van der Waals surface area contributed by atoms with Crippen LogP contribution in [0.2, 0.25) is 0 Å². The number of fused-ring (bicyclic) bond motifs is 1. The SMILES string of the molecule is C=C1Nc2nc(CCCO)nn2[C@H](c2ccc(Br)cc2)[C@@H]1C(=O)Nc1cccnc1. The Morgan fingerprint density at radius 1 is 1.30 bits per heavy atom. The highest BCUT2D eigenvalue weighted by atomic mass is 79.9. The minimum atomic E-state index is -0.619. The number of hydrogen-bond donors (Lipinski definition) is 3. The first-order chi connectivity index (χ1) is 14.6. The lowest BCUT2D eigenvalue weighted by molar-refractivity contribution is -0.119. The van der Waals surface area contributed by atoms with Crippen LogP contribution in [0, 0.1) is 5.92 Å². The molecular weight excluding hydrogens is 448 g/mol. The molecule has 0 radical (unpaired) electrons. The maximum Gasteiger partial charge on any atom is 0.236 e. The Hall–Kier alpha value is -3.04. The quantitative estimate of drug-likeness (QED) is 0.513. The van der Waals surface area contributed by atoms with Gasteiger partial charge in [0.2, 0.25) is 11.9 Å². The average molecular weight is 469 g/mol. The van der Waals surface area contributed by atoms with Gasteiger partial charge in [-0.05, 0) is 36.2 Å². The van der Waals surface area contributed by atoms with Gasteiger partial charge in [0.15, 0.2) is 5.82 Å². The number of aryl methyl sites for hydroxylation is 1. The third kappa shape index (κ3) is 4.12. The van der Waals surface area contributed by atoms with Crippen molar-refractivity contribution >= 4 is 33.5 Å². The summed E-state index contributed by atoms with van der Waals surface area (Å²) in [5.41, 5.74) is 2.06. The van der Waals surface area contributed by atoms with Gasteiger partial charge < -0.3 is 15.7 Å². The minimum Gasteiger partial charge on any atom is -0.396 e. The average Bonchev–Trinajstić information content (AvgIpc) is 3.15. The third-order valence-corrected chi connectivity index (χ3v) is 5.41. The molecule has 2 atom stereocenters. The normalized spacial score (nSPS) is 17.9. The van der Waals surface area contributed by atoms with Crippen molar-refractivity contribution in [3.8, 4) is 0 Å². The first-order valence-corrected chi connectivity index (χ1v) is 10.3. The zero-order valence-corrected chi connectivity index (χ0v) is 17.7.